The van der Waals surface area contributed by atoms with Crippen molar-refractivity contribution in [3.05, 3.63) is 24.0 Å². The number of pyridine rings is 1. The molecule has 0 aromatic carbocycles. The fourth-order valence-corrected chi connectivity index (χ4v) is 2.43. The molecule has 0 bridgehead atoms. The van der Waals surface area contributed by atoms with Crippen LogP contribution < -0.4 is 5.32 Å². The van der Waals surface area contributed by atoms with E-state index >= 15 is 0 Å². The molecule has 0 aliphatic carbocycles. The molecule has 1 aliphatic rings. The Balaban J connectivity index is 1.76. The number of likely N-dealkylation sites (tertiary alicyclic amines) is 1. The lowest BCUT2D eigenvalue weighted by Gasteiger charge is -2.15. The van der Waals surface area contributed by atoms with E-state index < -0.39 is 0 Å². The van der Waals surface area contributed by atoms with Crippen LogP contribution in [0.4, 0.5) is 5.69 Å². The van der Waals surface area contributed by atoms with Gasteiger partial charge in [0.15, 0.2) is 0 Å². The first-order valence-corrected chi connectivity index (χ1v) is 6.64. The molecule has 1 saturated heterocycles. The Hall–Kier alpha value is -1.60. The summed E-state index contributed by atoms with van der Waals surface area (Å²) in [4.78, 5) is 6.58. The van der Waals surface area contributed by atoms with Crippen LogP contribution in [-0.2, 0) is 0 Å². The molecule has 1 aliphatic heterocycles. The number of rotatable bonds is 5. The van der Waals surface area contributed by atoms with Crippen molar-refractivity contribution in [2.45, 2.75) is 19.8 Å². The third-order valence-electron chi connectivity index (χ3n) is 3.38. The van der Waals surface area contributed by atoms with Crippen LogP contribution >= 0.6 is 0 Å². The first-order valence-electron chi connectivity index (χ1n) is 6.64. The molecule has 0 amide bonds. The number of hydrogen-bond acceptors (Lipinski definition) is 4. The maximum absolute atomic E-state index is 8.67. The van der Waals surface area contributed by atoms with Gasteiger partial charge in [-0.15, -0.1) is 0 Å². The standard InChI is InChI=1S/C14H20N4/c1-2-6-18-7-5-12(11-18)9-16-14-4-3-13(8-15)17-10-14/h3-4,10,12,16H,2,5-7,9,11H2,1H3. The topological polar surface area (TPSA) is 52.0 Å². The Bertz CT molecular complexity index is 407. The van der Waals surface area contributed by atoms with Crippen molar-refractivity contribution in [3.8, 4) is 6.07 Å². The molecule has 4 nitrogen and oxygen atoms in total. The Morgan fingerprint density at radius 3 is 3.11 bits per heavy atom. The summed E-state index contributed by atoms with van der Waals surface area (Å²) in [7, 11) is 0. The minimum Gasteiger partial charge on any atom is -0.383 e. The maximum atomic E-state index is 8.67. The van der Waals surface area contributed by atoms with Crippen LogP contribution in [0.5, 0.6) is 0 Å². The molecule has 1 fully saturated rings. The van der Waals surface area contributed by atoms with Crippen LogP contribution in [0.1, 0.15) is 25.5 Å². The summed E-state index contributed by atoms with van der Waals surface area (Å²) >= 11 is 0. The molecule has 1 N–H and O–H groups in total. The number of nitrogens with one attached hydrogen (secondary N) is 1. The lowest BCUT2D eigenvalue weighted by molar-refractivity contribution is 0.327. The van der Waals surface area contributed by atoms with Gasteiger partial charge in [0.05, 0.1) is 11.9 Å². The molecule has 0 radical (unpaired) electrons. The predicted octanol–water partition coefficient (Wildman–Crippen LogP) is 2.10. The fourth-order valence-electron chi connectivity index (χ4n) is 2.43. The van der Waals surface area contributed by atoms with Crippen molar-refractivity contribution in [1.29, 1.82) is 5.26 Å². The predicted molar refractivity (Wildman–Crippen MR) is 72.3 cm³/mol. The first kappa shape index (κ1) is 12.8. The second kappa shape index (κ2) is 6.36. The largest absolute Gasteiger partial charge is 0.383 e. The highest BCUT2D eigenvalue weighted by Gasteiger charge is 2.21. The molecule has 18 heavy (non-hydrogen) atoms. The highest BCUT2D eigenvalue weighted by molar-refractivity contribution is 5.42. The molecule has 1 aromatic heterocycles. The van der Waals surface area contributed by atoms with Crippen LogP contribution in [0.15, 0.2) is 18.3 Å². The highest BCUT2D eigenvalue weighted by atomic mass is 15.1. The third kappa shape index (κ3) is 3.44. The molecule has 0 saturated carbocycles. The average Bonchev–Trinajstić information content (AvgIpc) is 2.85. The number of nitrogens with zero attached hydrogens (tertiary/aromatic N) is 3. The molecule has 96 valence electrons. The van der Waals surface area contributed by atoms with Gasteiger partial charge in [-0.2, -0.15) is 5.26 Å². The normalized spacial score (nSPS) is 19.7. The van der Waals surface area contributed by atoms with Gasteiger partial charge in [0.2, 0.25) is 0 Å². The molecule has 2 heterocycles. The van der Waals surface area contributed by atoms with Gasteiger partial charge in [0.25, 0.3) is 0 Å². The van der Waals surface area contributed by atoms with E-state index in [0.29, 0.717) is 5.69 Å². The maximum Gasteiger partial charge on any atom is 0.140 e. The van der Waals surface area contributed by atoms with Crippen LogP contribution in [0.3, 0.4) is 0 Å². The van der Waals surface area contributed by atoms with Gasteiger partial charge in [-0.25, -0.2) is 4.98 Å². The number of nitriles is 1. The lowest BCUT2D eigenvalue weighted by atomic mass is 10.1. The van der Waals surface area contributed by atoms with Crippen molar-refractivity contribution in [3.63, 3.8) is 0 Å². The van der Waals surface area contributed by atoms with E-state index in [9.17, 15) is 0 Å². The lowest BCUT2D eigenvalue weighted by Crippen LogP contribution is -2.23. The SMILES string of the molecule is CCCN1CCC(CNc2ccc(C#N)nc2)C1. The van der Waals surface area contributed by atoms with Crippen LogP contribution in [0, 0.1) is 17.2 Å². The van der Waals surface area contributed by atoms with Crippen LogP contribution in [0.25, 0.3) is 0 Å². The van der Waals surface area contributed by atoms with Crippen molar-refractivity contribution in [2.75, 3.05) is 31.5 Å². The Kier molecular flexibility index (Phi) is 4.54. The third-order valence-corrected chi connectivity index (χ3v) is 3.38. The van der Waals surface area contributed by atoms with Crippen molar-refractivity contribution >= 4 is 5.69 Å². The van der Waals surface area contributed by atoms with Crippen molar-refractivity contribution < 1.29 is 0 Å². The van der Waals surface area contributed by atoms with E-state index in [1.54, 1.807) is 12.3 Å². The zero-order valence-electron chi connectivity index (χ0n) is 10.9. The van der Waals surface area contributed by atoms with E-state index in [1.165, 1.54) is 32.5 Å². The molecule has 1 aromatic rings. The van der Waals surface area contributed by atoms with Gasteiger partial charge in [0.1, 0.15) is 11.8 Å². The zero-order chi connectivity index (χ0) is 12.8. The fraction of sp³-hybridized carbons (Fsp3) is 0.571. The molecular formula is C14H20N4. The highest BCUT2D eigenvalue weighted by Crippen LogP contribution is 2.17. The molecular weight excluding hydrogens is 224 g/mol. The van der Waals surface area contributed by atoms with E-state index in [4.69, 9.17) is 5.26 Å². The van der Waals surface area contributed by atoms with E-state index in [-0.39, 0.29) is 0 Å². The minimum atomic E-state index is 0.468. The summed E-state index contributed by atoms with van der Waals surface area (Å²) in [5.41, 5.74) is 1.47. The van der Waals surface area contributed by atoms with Gasteiger partial charge in [-0.1, -0.05) is 6.92 Å². The molecule has 0 spiro atoms. The molecule has 4 heteroatoms. The van der Waals surface area contributed by atoms with E-state index in [1.807, 2.05) is 12.1 Å². The number of hydrogen-bond donors (Lipinski definition) is 1. The van der Waals surface area contributed by atoms with Gasteiger partial charge in [-0.3, -0.25) is 0 Å². The Morgan fingerprint density at radius 1 is 1.56 bits per heavy atom. The number of anilines is 1. The van der Waals surface area contributed by atoms with E-state index in [0.717, 1.165) is 18.2 Å². The van der Waals surface area contributed by atoms with Gasteiger partial charge in [-0.05, 0) is 44.0 Å². The number of aromatic nitrogens is 1. The van der Waals surface area contributed by atoms with Crippen molar-refractivity contribution in [1.82, 2.24) is 9.88 Å². The second-order valence-corrected chi connectivity index (χ2v) is 4.88. The van der Waals surface area contributed by atoms with Crippen molar-refractivity contribution in [2.24, 2.45) is 5.92 Å². The van der Waals surface area contributed by atoms with Gasteiger partial charge < -0.3 is 10.2 Å². The summed E-state index contributed by atoms with van der Waals surface area (Å²) in [6.07, 6.45) is 4.24. The first-order chi connectivity index (χ1) is 8.81. The van der Waals surface area contributed by atoms with Crippen LogP contribution in [0.2, 0.25) is 0 Å². The summed E-state index contributed by atoms with van der Waals surface area (Å²) < 4.78 is 0. The summed E-state index contributed by atoms with van der Waals surface area (Å²) in [6.45, 7) is 6.87. The minimum absolute atomic E-state index is 0.468. The Labute approximate surface area is 109 Å². The molecule has 1 atom stereocenters. The quantitative estimate of drug-likeness (QED) is 0.861. The summed E-state index contributed by atoms with van der Waals surface area (Å²) in [5, 5.41) is 12.1. The van der Waals surface area contributed by atoms with Gasteiger partial charge >= 0.3 is 0 Å². The second-order valence-electron chi connectivity index (χ2n) is 4.88. The van der Waals surface area contributed by atoms with Crippen LogP contribution in [-0.4, -0.2) is 36.1 Å². The molecule has 1 unspecified atom stereocenters. The summed E-state index contributed by atoms with van der Waals surface area (Å²) in [6, 6.07) is 5.70. The smallest absolute Gasteiger partial charge is 0.140 e. The molecule has 2 rings (SSSR count). The van der Waals surface area contributed by atoms with Gasteiger partial charge in [0, 0.05) is 13.1 Å². The van der Waals surface area contributed by atoms with E-state index in [2.05, 4.69) is 22.1 Å². The Morgan fingerprint density at radius 2 is 2.44 bits per heavy atom. The average molecular weight is 244 g/mol. The monoisotopic (exact) mass is 244 g/mol. The zero-order valence-corrected chi connectivity index (χ0v) is 10.9. The summed E-state index contributed by atoms with van der Waals surface area (Å²) in [5.74, 6) is 0.729.